The van der Waals surface area contributed by atoms with Crippen LogP contribution in [0.5, 0.6) is 0 Å². The minimum Gasteiger partial charge on any atom is -0.463 e. The Hall–Kier alpha value is -2.75. The van der Waals surface area contributed by atoms with Crippen LogP contribution in [0.2, 0.25) is 0 Å². The van der Waals surface area contributed by atoms with Crippen LogP contribution in [0.3, 0.4) is 0 Å². The van der Waals surface area contributed by atoms with Crippen molar-refractivity contribution in [2.24, 2.45) is 0 Å². The second-order valence-electron chi connectivity index (χ2n) is 8.97. The van der Waals surface area contributed by atoms with Gasteiger partial charge in [-0.05, 0) is 75.6 Å². The van der Waals surface area contributed by atoms with Gasteiger partial charge in [-0.1, -0.05) is 37.0 Å². The predicted molar refractivity (Wildman–Crippen MR) is 132 cm³/mol. The zero-order valence-corrected chi connectivity index (χ0v) is 21.0. The summed E-state index contributed by atoms with van der Waals surface area (Å²) >= 11 is 0. The highest BCUT2D eigenvalue weighted by atomic mass is 19.3. The normalized spacial score (nSPS) is 18.3. The van der Waals surface area contributed by atoms with Gasteiger partial charge in [-0.3, -0.25) is 0 Å². The summed E-state index contributed by atoms with van der Waals surface area (Å²) in [5, 5.41) is 9.26. The Morgan fingerprint density at radius 3 is 2.38 bits per heavy atom. The molecule has 0 saturated carbocycles. The van der Waals surface area contributed by atoms with Gasteiger partial charge in [0, 0.05) is 6.08 Å². The first-order valence-corrected chi connectivity index (χ1v) is 12.2. The summed E-state index contributed by atoms with van der Waals surface area (Å²) in [4.78, 5) is 11.0. The van der Waals surface area contributed by atoms with Crippen molar-refractivity contribution in [3.05, 3.63) is 84.0 Å². The van der Waals surface area contributed by atoms with Crippen molar-refractivity contribution in [2.75, 3.05) is 13.2 Å². The van der Waals surface area contributed by atoms with Gasteiger partial charge in [-0.2, -0.15) is 8.78 Å². The van der Waals surface area contributed by atoms with Crippen molar-refractivity contribution in [3.8, 4) is 0 Å². The van der Waals surface area contributed by atoms with Crippen molar-refractivity contribution >= 4 is 5.97 Å². The summed E-state index contributed by atoms with van der Waals surface area (Å²) in [5.41, 5.74) is -1.74. The van der Waals surface area contributed by atoms with Crippen molar-refractivity contribution in [1.82, 2.24) is 0 Å². The SMILES string of the molecule is C=CC(=O)OCCCCc1cc(F)c(C(F)(F)OC2(C)C=CC(CCCCOC(O)C=C)=CC2)c(F)c1. The Labute approximate surface area is 215 Å². The van der Waals surface area contributed by atoms with E-state index >= 15 is 0 Å². The monoisotopic (exact) mass is 526 g/mol. The molecular formula is C28H34F4O5. The minimum absolute atomic E-state index is 0.109. The molecule has 0 heterocycles. The molecule has 2 atom stereocenters. The highest BCUT2D eigenvalue weighted by molar-refractivity contribution is 5.81. The van der Waals surface area contributed by atoms with E-state index in [4.69, 9.17) is 14.2 Å². The molecule has 37 heavy (non-hydrogen) atoms. The second-order valence-corrected chi connectivity index (χ2v) is 8.97. The summed E-state index contributed by atoms with van der Waals surface area (Å²) < 4.78 is 74.0. The number of halogens is 4. The number of carbonyl (C=O) groups is 1. The highest BCUT2D eigenvalue weighted by Crippen LogP contribution is 2.40. The maximum Gasteiger partial charge on any atom is 0.389 e. The van der Waals surface area contributed by atoms with E-state index in [0.717, 1.165) is 30.2 Å². The van der Waals surface area contributed by atoms with Crippen molar-refractivity contribution in [1.29, 1.82) is 0 Å². The van der Waals surface area contributed by atoms with Gasteiger partial charge in [-0.25, -0.2) is 13.6 Å². The maximum atomic E-state index is 14.9. The van der Waals surface area contributed by atoms with Crippen molar-refractivity contribution in [2.45, 2.75) is 69.9 Å². The number of unbranched alkanes of at least 4 members (excludes halogenated alkanes) is 2. The van der Waals surface area contributed by atoms with Gasteiger partial charge < -0.3 is 19.3 Å². The van der Waals surface area contributed by atoms with Gasteiger partial charge in [0.05, 0.1) is 18.8 Å². The van der Waals surface area contributed by atoms with Crippen LogP contribution in [0, 0.1) is 11.6 Å². The van der Waals surface area contributed by atoms with Crippen LogP contribution in [0.15, 0.2) is 61.2 Å². The fourth-order valence-corrected chi connectivity index (χ4v) is 3.77. The number of esters is 1. The third kappa shape index (κ3) is 9.91. The lowest BCUT2D eigenvalue weighted by Gasteiger charge is -2.33. The van der Waals surface area contributed by atoms with E-state index in [9.17, 15) is 27.5 Å². The van der Waals surface area contributed by atoms with E-state index in [1.807, 2.05) is 0 Å². The van der Waals surface area contributed by atoms with E-state index < -0.39 is 41.2 Å². The van der Waals surface area contributed by atoms with Crippen LogP contribution in [0.4, 0.5) is 17.6 Å². The summed E-state index contributed by atoms with van der Waals surface area (Å²) in [7, 11) is 0. The molecule has 0 spiro atoms. The Kier molecular flexibility index (Phi) is 11.7. The molecule has 0 fully saturated rings. The summed E-state index contributed by atoms with van der Waals surface area (Å²) in [6, 6.07) is 1.75. The topological polar surface area (TPSA) is 65.0 Å². The Morgan fingerprint density at radius 1 is 1.14 bits per heavy atom. The van der Waals surface area contributed by atoms with Crippen molar-refractivity contribution in [3.63, 3.8) is 0 Å². The largest absolute Gasteiger partial charge is 0.463 e. The molecule has 1 aromatic rings. The minimum atomic E-state index is -4.20. The molecule has 0 radical (unpaired) electrons. The number of aliphatic hydroxyl groups excluding tert-OH is 1. The lowest BCUT2D eigenvalue weighted by Crippen LogP contribution is -2.36. The van der Waals surface area contributed by atoms with Crippen LogP contribution in [0.1, 0.15) is 56.6 Å². The molecule has 5 nitrogen and oxygen atoms in total. The molecule has 0 bridgehead atoms. The third-order valence-corrected chi connectivity index (χ3v) is 5.79. The molecule has 9 heteroatoms. The Morgan fingerprint density at radius 2 is 1.78 bits per heavy atom. The summed E-state index contributed by atoms with van der Waals surface area (Å²) in [6.45, 7) is 8.60. The van der Waals surface area contributed by atoms with Crippen LogP contribution < -0.4 is 0 Å². The number of hydrogen-bond acceptors (Lipinski definition) is 5. The zero-order valence-electron chi connectivity index (χ0n) is 21.0. The lowest BCUT2D eigenvalue weighted by atomic mass is 9.91. The van der Waals surface area contributed by atoms with Gasteiger partial charge >= 0.3 is 12.1 Å². The van der Waals surface area contributed by atoms with Crippen LogP contribution in [0.25, 0.3) is 0 Å². The molecule has 1 aliphatic carbocycles. The van der Waals surface area contributed by atoms with Crippen molar-refractivity contribution < 1.29 is 41.7 Å². The fourth-order valence-electron chi connectivity index (χ4n) is 3.77. The number of hydrogen-bond donors (Lipinski definition) is 1. The standard InChI is InChI=1S/C28H34F4O5/c1-4-24(33)35-16-8-6-10-20-12-14-27(3,15-13-20)37-28(31,32)26-22(29)18-21(19-23(26)30)11-7-9-17-36-25(34)5-2/h4-5,12-14,18-19,24,33H,1-2,6-11,15-17H2,3H3. The lowest BCUT2D eigenvalue weighted by molar-refractivity contribution is -0.292. The molecule has 0 aromatic heterocycles. The van der Waals surface area contributed by atoms with Gasteiger partial charge in [0.25, 0.3) is 0 Å². The number of carbonyl (C=O) groups excluding carboxylic acids is 1. The molecule has 2 rings (SSSR count). The first kappa shape index (κ1) is 30.5. The summed E-state index contributed by atoms with van der Waals surface area (Å²) in [6.07, 6.45) is 5.36. The molecular weight excluding hydrogens is 492 g/mol. The highest BCUT2D eigenvalue weighted by Gasteiger charge is 2.45. The number of benzene rings is 1. The second kappa shape index (κ2) is 14.3. The first-order chi connectivity index (χ1) is 17.5. The van der Waals surface area contributed by atoms with E-state index in [2.05, 4.69) is 13.2 Å². The van der Waals surface area contributed by atoms with Crippen LogP contribution in [-0.2, 0) is 31.5 Å². The number of rotatable bonds is 16. The maximum absolute atomic E-state index is 14.9. The summed E-state index contributed by atoms with van der Waals surface area (Å²) in [5.74, 6) is -3.34. The third-order valence-electron chi connectivity index (χ3n) is 5.79. The molecule has 2 unspecified atom stereocenters. The first-order valence-electron chi connectivity index (χ1n) is 12.2. The van der Waals surface area contributed by atoms with Gasteiger partial charge in [-0.15, -0.1) is 0 Å². The smallest absolute Gasteiger partial charge is 0.389 e. The molecule has 1 N–H and O–H groups in total. The number of aliphatic hydroxyl groups is 1. The average Bonchev–Trinajstić information content (AvgIpc) is 2.83. The van der Waals surface area contributed by atoms with E-state index in [1.54, 1.807) is 12.2 Å². The Balaban J connectivity index is 1.91. The quantitative estimate of drug-likeness (QED) is 0.0673. The number of ether oxygens (including phenoxy) is 3. The molecule has 204 valence electrons. The van der Waals surface area contributed by atoms with E-state index in [-0.39, 0.29) is 25.0 Å². The van der Waals surface area contributed by atoms with E-state index in [0.29, 0.717) is 32.3 Å². The molecule has 0 aliphatic heterocycles. The number of alkyl halides is 2. The Bertz CT molecular complexity index is 981. The fraction of sp³-hybridized carbons (Fsp3) is 0.464. The molecule has 1 aliphatic rings. The number of aryl methyl sites for hydroxylation is 1. The molecule has 0 saturated heterocycles. The zero-order chi connectivity index (χ0) is 27.5. The number of allylic oxidation sites excluding steroid dienone is 2. The van der Waals surface area contributed by atoms with Crippen LogP contribution in [-0.4, -0.2) is 36.2 Å². The molecule has 1 aromatic carbocycles. The van der Waals surface area contributed by atoms with Gasteiger partial charge in [0.15, 0.2) is 6.29 Å². The average molecular weight is 527 g/mol. The molecule has 0 amide bonds. The van der Waals surface area contributed by atoms with E-state index in [1.165, 1.54) is 19.1 Å². The van der Waals surface area contributed by atoms with Gasteiger partial charge in [0.1, 0.15) is 17.2 Å². The van der Waals surface area contributed by atoms with Gasteiger partial charge in [0.2, 0.25) is 0 Å². The predicted octanol–water partition coefficient (Wildman–Crippen LogP) is 6.42. The van der Waals surface area contributed by atoms with Crippen LogP contribution >= 0.6 is 0 Å².